The molecule has 0 aliphatic heterocycles. The monoisotopic (exact) mass is 368 g/mol. The molecule has 0 bridgehead atoms. The fourth-order valence-electron chi connectivity index (χ4n) is 3.24. The smallest absolute Gasteiger partial charge is 0.329 e. The molecule has 0 saturated heterocycles. The number of ether oxygens (including phenoxy) is 1. The number of hydrogen-bond acceptors (Lipinski definition) is 5. The fourth-order valence-corrected chi connectivity index (χ4v) is 3.24. The van der Waals surface area contributed by atoms with Crippen LogP contribution in [0.2, 0.25) is 0 Å². The number of aryl methyl sites for hydroxylation is 2. The van der Waals surface area contributed by atoms with Gasteiger partial charge in [0.1, 0.15) is 0 Å². The summed E-state index contributed by atoms with van der Waals surface area (Å²) in [6.07, 6.45) is 0. The highest BCUT2D eigenvalue weighted by atomic mass is 16.5. The van der Waals surface area contributed by atoms with Crippen LogP contribution >= 0.6 is 0 Å². The second kappa shape index (κ2) is 6.51. The lowest BCUT2D eigenvalue weighted by Gasteiger charge is -2.05. The second-order valence-corrected chi connectivity index (χ2v) is 6.36. The van der Waals surface area contributed by atoms with Crippen LogP contribution in [0.1, 0.15) is 12.5 Å². The van der Waals surface area contributed by atoms with Crippen molar-refractivity contribution in [2.24, 2.45) is 7.05 Å². The van der Waals surface area contributed by atoms with Crippen molar-refractivity contribution in [2.75, 3.05) is 13.2 Å². The average molecular weight is 368 g/mol. The summed E-state index contributed by atoms with van der Waals surface area (Å²) in [5.74, 6) is 1.07. The molecule has 0 atom stereocenters. The van der Waals surface area contributed by atoms with Crippen molar-refractivity contribution >= 4 is 16.9 Å². The minimum absolute atomic E-state index is 0.370. The Hall–Kier alpha value is -3.20. The van der Waals surface area contributed by atoms with Gasteiger partial charge in [-0.3, -0.25) is 14.3 Å². The molecule has 0 radical (unpaired) electrons. The molecule has 0 fully saturated rings. The van der Waals surface area contributed by atoms with Gasteiger partial charge in [-0.15, -0.1) is 10.2 Å². The van der Waals surface area contributed by atoms with Crippen LogP contribution in [-0.2, 0) is 18.3 Å². The molecule has 4 aromatic rings. The van der Waals surface area contributed by atoms with E-state index in [4.69, 9.17) is 4.74 Å². The molecule has 0 unspecified atom stereocenters. The maximum atomic E-state index is 12.6. The standard InChI is InChI=1S/C18H20N6O3/c1-4-27-10-9-23-13-15(25)19-18(26)22(3)16(13)24-14(20-21-17(23)24)12-7-5-11(2)6-8-12/h5-8H,4,9-10H2,1-3H3,(H,19,25,26). The Kier molecular flexibility index (Phi) is 4.15. The molecule has 0 aliphatic rings. The number of aromatic amines is 1. The van der Waals surface area contributed by atoms with Crippen molar-refractivity contribution < 1.29 is 4.74 Å². The van der Waals surface area contributed by atoms with Crippen LogP contribution in [0.3, 0.4) is 0 Å². The van der Waals surface area contributed by atoms with Gasteiger partial charge in [-0.25, -0.2) is 9.20 Å². The first-order valence-corrected chi connectivity index (χ1v) is 8.74. The highest BCUT2D eigenvalue weighted by molar-refractivity contribution is 5.79. The number of hydrogen-bond donors (Lipinski definition) is 1. The van der Waals surface area contributed by atoms with E-state index >= 15 is 0 Å². The van der Waals surface area contributed by atoms with Crippen molar-refractivity contribution in [2.45, 2.75) is 20.4 Å². The molecule has 3 heterocycles. The summed E-state index contributed by atoms with van der Waals surface area (Å²) in [5.41, 5.74) is 1.86. The largest absolute Gasteiger partial charge is 0.380 e. The van der Waals surface area contributed by atoms with Crippen LogP contribution in [0.25, 0.3) is 28.3 Å². The van der Waals surface area contributed by atoms with Crippen LogP contribution in [0.15, 0.2) is 33.9 Å². The van der Waals surface area contributed by atoms with Crippen molar-refractivity contribution in [3.63, 3.8) is 0 Å². The van der Waals surface area contributed by atoms with E-state index in [2.05, 4.69) is 15.2 Å². The Labute approximate surface area is 153 Å². The zero-order valence-corrected chi connectivity index (χ0v) is 15.4. The quantitative estimate of drug-likeness (QED) is 0.532. The highest BCUT2D eigenvalue weighted by Crippen LogP contribution is 2.24. The first-order valence-electron chi connectivity index (χ1n) is 8.74. The Morgan fingerprint density at radius 3 is 2.59 bits per heavy atom. The number of H-pyrrole nitrogens is 1. The number of nitrogens with zero attached hydrogens (tertiary/aromatic N) is 5. The normalized spacial score (nSPS) is 11.7. The summed E-state index contributed by atoms with van der Waals surface area (Å²) in [4.78, 5) is 27.1. The van der Waals surface area contributed by atoms with E-state index < -0.39 is 11.2 Å². The Morgan fingerprint density at radius 1 is 1.15 bits per heavy atom. The van der Waals surface area contributed by atoms with Gasteiger partial charge in [0.05, 0.1) is 6.61 Å². The Morgan fingerprint density at radius 2 is 1.89 bits per heavy atom. The lowest BCUT2D eigenvalue weighted by molar-refractivity contribution is 0.140. The van der Waals surface area contributed by atoms with Gasteiger partial charge < -0.3 is 9.30 Å². The minimum atomic E-state index is -0.486. The third-order valence-corrected chi connectivity index (χ3v) is 4.61. The molecule has 140 valence electrons. The van der Waals surface area contributed by atoms with E-state index in [0.29, 0.717) is 42.5 Å². The molecule has 0 saturated carbocycles. The predicted octanol–water partition coefficient (Wildman–Crippen LogP) is 1.08. The van der Waals surface area contributed by atoms with E-state index in [1.54, 1.807) is 16.0 Å². The van der Waals surface area contributed by atoms with Gasteiger partial charge in [0, 0.05) is 25.8 Å². The van der Waals surface area contributed by atoms with E-state index in [1.165, 1.54) is 4.57 Å². The van der Waals surface area contributed by atoms with Gasteiger partial charge in [-0.2, -0.15) is 0 Å². The van der Waals surface area contributed by atoms with Crippen LogP contribution in [0.4, 0.5) is 0 Å². The third kappa shape index (κ3) is 2.67. The lowest BCUT2D eigenvalue weighted by Crippen LogP contribution is -2.29. The molecule has 0 aliphatic carbocycles. The first kappa shape index (κ1) is 17.2. The van der Waals surface area contributed by atoms with Crippen LogP contribution in [0.5, 0.6) is 0 Å². The molecule has 4 rings (SSSR count). The molecule has 27 heavy (non-hydrogen) atoms. The Bertz CT molecular complexity index is 1240. The van der Waals surface area contributed by atoms with Crippen molar-refractivity contribution in [1.82, 2.24) is 28.7 Å². The number of aromatic nitrogens is 6. The molecule has 1 N–H and O–H groups in total. The summed E-state index contributed by atoms with van der Waals surface area (Å²) in [7, 11) is 1.62. The van der Waals surface area contributed by atoms with E-state index in [1.807, 2.05) is 38.1 Å². The van der Waals surface area contributed by atoms with Crippen molar-refractivity contribution in [1.29, 1.82) is 0 Å². The molecule has 9 nitrogen and oxygen atoms in total. The van der Waals surface area contributed by atoms with Crippen molar-refractivity contribution in [3.8, 4) is 11.4 Å². The van der Waals surface area contributed by atoms with Crippen LogP contribution < -0.4 is 11.2 Å². The first-order chi connectivity index (χ1) is 13.0. The third-order valence-electron chi connectivity index (χ3n) is 4.61. The summed E-state index contributed by atoms with van der Waals surface area (Å²) in [6, 6.07) is 7.86. The SMILES string of the molecule is CCOCCn1c2c(=O)[nH]c(=O)n(C)c2n2c(-c3ccc(C)cc3)nnc12. The van der Waals surface area contributed by atoms with Crippen molar-refractivity contribution in [3.05, 3.63) is 50.7 Å². The van der Waals surface area contributed by atoms with Gasteiger partial charge in [0.25, 0.3) is 5.56 Å². The van der Waals surface area contributed by atoms with Gasteiger partial charge in [0.2, 0.25) is 5.78 Å². The lowest BCUT2D eigenvalue weighted by atomic mass is 10.1. The maximum absolute atomic E-state index is 12.6. The zero-order chi connectivity index (χ0) is 19.1. The molecule has 0 spiro atoms. The van der Waals surface area contributed by atoms with Crippen LogP contribution in [0, 0.1) is 6.92 Å². The van der Waals surface area contributed by atoms with Gasteiger partial charge >= 0.3 is 5.69 Å². The minimum Gasteiger partial charge on any atom is -0.380 e. The van der Waals surface area contributed by atoms with Crippen LogP contribution in [-0.4, -0.2) is 41.9 Å². The molecule has 9 heteroatoms. The molecular weight excluding hydrogens is 348 g/mol. The molecule has 1 aromatic carbocycles. The number of rotatable bonds is 5. The van der Waals surface area contributed by atoms with Gasteiger partial charge in [0.15, 0.2) is 17.0 Å². The number of fused-ring (bicyclic) bond motifs is 3. The number of imidazole rings is 1. The van der Waals surface area contributed by atoms with Gasteiger partial charge in [-0.05, 0) is 13.8 Å². The maximum Gasteiger partial charge on any atom is 0.329 e. The number of benzene rings is 1. The summed E-state index contributed by atoms with van der Waals surface area (Å²) in [5, 5.41) is 8.62. The predicted molar refractivity (Wildman–Crippen MR) is 101 cm³/mol. The molecular formula is C18H20N6O3. The number of nitrogens with one attached hydrogen (secondary N) is 1. The zero-order valence-electron chi connectivity index (χ0n) is 15.4. The average Bonchev–Trinajstić information content (AvgIpc) is 3.20. The van der Waals surface area contributed by atoms with Gasteiger partial charge in [-0.1, -0.05) is 29.8 Å². The second-order valence-electron chi connectivity index (χ2n) is 6.36. The summed E-state index contributed by atoms with van der Waals surface area (Å²) in [6.45, 7) is 5.34. The van der Waals surface area contributed by atoms with E-state index in [0.717, 1.165) is 11.1 Å². The van der Waals surface area contributed by atoms with E-state index in [-0.39, 0.29) is 0 Å². The summed E-state index contributed by atoms with van der Waals surface area (Å²) < 4.78 is 10.3. The highest BCUT2D eigenvalue weighted by Gasteiger charge is 2.22. The fraction of sp³-hybridized carbons (Fsp3) is 0.333. The summed E-state index contributed by atoms with van der Waals surface area (Å²) >= 11 is 0. The molecule has 3 aromatic heterocycles. The Balaban J connectivity index is 2.08. The topological polar surface area (TPSA) is 99.2 Å². The van der Waals surface area contributed by atoms with E-state index in [9.17, 15) is 9.59 Å². The molecule has 0 amide bonds.